The molecule has 1 aromatic heterocycles. The number of nitrogens with zero attached hydrogens (tertiary/aromatic N) is 4. The van der Waals surface area contributed by atoms with Crippen LogP contribution in [0.3, 0.4) is 0 Å². The molecule has 1 saturated heterocycles. The summed E-state index contributed by atoms with van der Waals surface area (Å²) in [6, 6.07) is 17.4. The molecule has 29 heavy (non-hydrogen) atoms. The smallest absolute Gasteiger partial charge is 0.258 e. The van der Waals surface area contributed by atoms with Gasteiger partial charge in [-0.05, 0) is 24.3 Å². The summed E-state index contributed by atoms with van der Waals surface area (Å²) in [6.45, 7) is 3.29. The zero-order chi connectivity index (χ0) is 20.1. The predicted octanol–water partition coefficient (Wildman–Crippen LogP) is 3.06. The molecule has 1 aliphatic rings. The maximum absolute atomic E-state index is 12.3. The van der Waals surface area contributed by atoms with Crippen molar-refractivity contribution in [1.82, 2.24) is 9.97 Å². The molecule has 0 aliphatic carbocycles. The summed E-state index contributed by atoms with van der Waals surface area (Å²) in [5.74, 6) is 1.30. The molecule has 0 spiro atoms. The SMILES string of the molecule is COc1ccccc1N1CCN(c2ncc(C(=O)Nc3ccccc3)cn2)CC1. The molecule has 1 amide bonds. The fourth-order valence-electron chi connectivity index (χ4n) is 3.36. The highest BCUT2D eigenvalue weighted by molar-refractivity contribution is 6.03. The predicted molar refractivity (Wildman–Crippen MR) is 114 cm³/mol. The summed E-state index contributed by atoms with van der Waals surface area (Å²) in [6.07, 6.45) is 3.15. The van der Waals surface area contributed by atoms with Gasteiger partial charge in [0.05, 0.1) is 18.4 Å². The maximum Gasteiger partial charge on any atom is 0.258 e. The summed E-state index contributed by atoms with van der Waals surface area (Å²) in [5.41, 5.74) is 2.28. The second-order valence-corrected chi connectivity index (χ2v) is 6.74. The molecule has 0 saturated carbocycles. The normalized spacial score (nSPS) is 13.8. The van der Waals surface area contributed by atoms with Crippen LogP contribution in [0, 0.1) is 0 Å². The van der Waals surface area contributed by atoms with Crippen LogP contribution in [-0.2, 0) is 0 Å². The van der Waals surface area contributed by atoms with Gasteiger partial charge in [-0.15, -0.1) is 0 Å². The number of carbonyl (C=O) groups excluding carboxylic acids is 1. The van der Waals surface area contributed by atoms with Crippen LogP contribution >= 0.6 is 0 Å². The van der Waals surface area contributed by atoms with E-state index >= 15 is 0 Å². The minimum absolute atomic E-state index is 0.219. The topological polar surface area (TPSA) is 70.6 Å². The molecular formula is C22H23N5O2. The number of carbonyl (C=O) groups is 1. The lowest BCUT2D eigenvalue weighted by Crippen LogP contribution is -2.47. The van der Waals surface area contributed by atoms with Gasteiger partial charge in [0.1, 0.15) is 5.75 Å². The third-order valence-electron chi connectivity index (χ3n) is 4.92. The Hall–Kier alpha value is -3.61. The number of piperazine rings is 1. The van der Waals surface area contributed by atoms with Crippen molar-refractivity contribution in [1.29, 1.82) is 0 Å². The van der Waals surface area contributed by atoms with Crippen molar-refractivity contribution in [2.24, 2.45) is 0 Å². The van der Waals surface area contributed by atoms with Gasteiger partial charge < -0.3 is 19.9 Å². The first-order chi connectivity index (χ1) is 14.2. The quantitative estimate of drug-likeness (QED) is 0.723. The second-order valence-electron chi connectivity index (χ2n) is 6.74. The van der Waals surface area contributed by atoms with Crippen LogP contribution < -0.4 is 19.9 Å². The summed E-state index contributed by atoms with van der Waals surface area (Å²) in [4.78, 5) is 25.6. The van der Waals surface area contributed by atoms with Crippen molar-refractivity contribution in [3.63, 3.8) is 0 Å². The van der Waals surface area contributed by atoms with Gasteiger partial charge in [-0.3, -0.25) is 4.79 Å². The first-order valence-corrected chi connectivity index (χ1v) is 9.56. The van der Waals surface area contributed by atoms with E-state index in [1.54, 1.807) is 19.5 Å². The molecule has 0 unspecified atom stereocenters. The molecule has 1 aliphatic heterocycles. The lowest BCUT2D eigenvalue weighted by molar-refractivity contribution is 0.102. The molecule has 4 rings (SSSR count). The standard InChI is InChI=1S/C22H23N5O2/c1-29-20-10-6-5-9-19(20)26-11-13-27(14-12-26)22-23-15-17(16-24-22)21(28)25-18-7-3-2-4-8-18/h2-10,15-16H,11-14H2,1H3,(H,25,28). The Bertz CT molecular complexity index is 954. The highest BCUT2D eigenvalue weighted by Gasteiger charge is 2.21. The van der Waals surface area contributed by atoms with Crippen molar-refractivity contribution in [2.75, 3.05) is 48.4 Å². The van der Waals surface area contributed by atoms with Crippen molar-refractivity contribution >= 4 is 23.2 Å². The number of anilines is 3. The van der Waals surface area contributed by atoms with Crippen LogP contribution in [0.1, 0.15) is 10.4 Å². The molecule has 0 bridgehead atoms. The Morgan fingerprint density at radius 1 is 0.897 bits per heavy atom. The molecule has 7 heteroatoms. The summed E-state index contributed by atoms with van der Waals surface area (Å²) in [7, 11) is 1.69. The maximum atomic E-state index is 12.3. The Balaban J connectivity index is 1.37. The van der Waals surface area contributed by atoms with Gasteiger partial charge in [-0.25, -0.2) is 9.97 Å². The van der Waals surface area contributed by atoms with Gasteiger partial charge in [-0.2, -0.15) is 0 Å². The van der Waals surface area contributed by atoms with Crippen LogP contribution in [0.4, 0.5) is 17.3 Å². The summed E-state index contributed by atoms with van der Waals surface area (Å²) in [5, 5.41) is 2.84. The van der Waals surface area contributed by atoms with Crippen molar-refractivity contribution < 1.29 is 9.53 Å². The molecule has 0 atom stereocenters. The lowest BCUT2D eigenvalue weighted by atomic mass is 10.2. The Labute approximate surface area is 170 Å². The monoisotopic (exact) mass is 389 g/mol. The first kappa shape index (κ1) is 18.7. The highest BCUT2D eigenvalue weighted by atomic mass is 16.5. The minimum atomic E-state index is -0.219. The molecular weight excluding hydrogens is 366 g/mol. The van der Waals surface area contributed by atoms with Crippen LogP contribution in [0.5, 0.6) is 5.75 Å². The van der Waals surface area contributed by atoms with Crippen LogP contribution in [0.15, 0.2) is 67.0 Å². The molecule has 3 aromatic rings. The largest absolute Gasteiger partial charge is 0.495 e. The summed E-state index contributed by atoms with van der Waals surface area (Å²) < 4.78 is 5.47. The zero-order valence-electron chi connectivity index (χ0n) is 16.3. The van der Waals surface area contributed by atoms with E-state index in [0.717, 1.165) is 43.3 Å². The Morgan fingerprint density at radius 3 is 2.21 bits per heavy atom. The number of benzene rings is 2. The van der Waals surface area contributed by atoms with Gasteiger partial charge in [0.2, 0.25) is 5.95 Å². The van der Waals surface area contributed by atoms with Gasteiger partial charge in [-0.1, -0.05) is 30.3 Å². The van der Waals surface area contributed by atoms with Crippen molar-refractivity contribution in [3.8, 4) is 5.75 Å². The van der Waals surface area contributed by atoms with E-state index in [-0.39, 0.29) is 5.91 Å². The van der Waals surface area contributed by atoms with Gasteiger partial charge in [0.25, 0.3) is 5.91 Å². The first-order valence-electron chi connectivity index (χ1n) is 9.56. The number of hydrogen-bond acceptors (Lipinski definition) is 6. The van der Waals surface area contributed by atoms with Crippen LogP contribution in [0.2, 0.25) is 0 Å². The third kappa shape index (κ3) is 4.29. The number of nitrogens with one attached hydrogen (secondary N) is 1. The molecule has 0 radical (unpaired) electrons. The fraction of sp³-hybridized carbons (Fsp3) is 0.227. The van der Waals surface area contributed by atoms with Crippen LogP contribution in [-0.4, -0.2) is 49.2 Å². The van der Waals surface area contributed by atoms with Gasteiger partial charge >= 0.3 is 0 Å². The number of aromatic nitrogens is 2. The average molecular weight is 389 g/mol. The Kier molecular flexibility index (Phi) is 5.56. The van der Waals surface area contributed by atoms with E-state index in [2.05, 4.69) is 31.2 Å². The number of amides is 1. The molecule has 1 N–H and O–H groups in total. The molecule has 2 aromatic carbocycles. The summed E-state index contributed by atoms with van der Waals surface area (Å²) >= 11 is 0. The van der Waals surface area contributed by atoms with E-state index < -0.39 is 0 Å². The van der Waals surface area contributed by atoms with Crippen molar-refractivity contribution in [3.05, 3.63) is 72.6 Å². The van der Waals surface area contributed by atoms with E-state index in [1.807, 2.05) is 48.5 Å². The number of para-hydroxylation sites is 3. The van der Waals surface area contributed by atoms with E-state index in [1.165, 1.54) is 0 Å². The second kappa shape index (κ2) is 8.60. The Morgan fingerprint density at radius 2 is 1.52 bits per heavy atom. The highest BCUT2D eigenvalue weighted by Crippen LogP contribution is 2.28. The van der Waals surface area contributed by atoms with Crippen molar-refractivity contribution in [2.45, 2.75) is 0 Å². The minimum Gasteiger partial charge on any atom is -0.495 e. The van der Waals surface area contributed by atoms with Gasteiger partial charge in [0.15, 0.2) is 0 Å². The lowest BCUT2D eigenvalue weighted by Gasteiger charge is -2.36. The van der Waals surface area contributed by atoms with Gasteiger partial charge in [0, 0.05) is 44.3 Å². The molecule has 1 fully saturated rings. The fourth-order valence-corrected chi connectivity index (χ4v) is 3.36. The van der Waals surface area contributed by atoms with E-state index in [9.17, 15) is 4.79 Å². The number of hydrogen-bond donors (Lipinski definition) is 1. The number of ether oxygens (including phenoxy) is 1. The number of methoxy groups -OCH3 is 1. The number of rotatable bonds is 5. The third-order valence-corrected chi connectivity index (χ3v) is 4.92. The molecule has 7 nitrogen and oxygen atoms in total. The average Bonchev–Trinajstić information content (AvgIpc) is 2.80. The van der Waals surface area contributed by atoms with E-state index in [4.69, 9.17) is 4.74 Å². The van der Waals surface area contributed by atoms with E-state index in [0.29, 0.717) is 11.5 Å². The van der Waals surface area contributed by atoms with Crippen LogP contribution in [0.25, 0.3) is 0 Å². The molecule has 2 heterocycles. The molecule has 148 valence electrons. The zero-order valence-corrected chi connectivity index (χ0v) is 16.3.